The van der Waals surface area contributed by atoms with Crippen molar-refractivity contribution in [3.63, 3.8) is 0 Å². The number of ether oxygens (including phenoxy) is 1. The number of aliphatic hydroxyl groups is 1. The first-order chi connectivity index (χ1) is 8.72. The molecule has 0 bridgehead atoms. The van der Waals surface area contributed by atoms with E-state index in [9.17, 15) is 9.50 Å². The minimum atomic E-state index is -0.957. The summed E-state index contributed by atoms with van der Waals surface area (Å²) in [6, 6.07) is 13.2. The maximum Gasteiger partial charge on any atom is 0.129 e. The quantitative estimate of drug-likeness (QED) is 0.896. The van der Waals surface area contributed by atoms with Crippen LogP contribution in [0.4, 0.5) is 4.39 Å². The van der Waals surface area contributed by atoms with E-state index >= 15 is 0 Å². The Kier molecular flexibility index (Phi) is 3.95. The van der Waals surface area contributed by atoms with Gasteiger partial charge in [0, 0.05) is 5.56 Å². The van der Waals surface area contributed by atoms with E-state index < -0.39 is 11.9 Å². The molecule has 0 saturated carbocycles. The van der Waals surface area contributed by atoms with Crippen molar-refractivity contribution in [3.8, 4) is 5.75 Å². The van der Waals surface area contributed by atoms with E-state index in [1.807, 2.05) is 6.92 Å². The molecule has 0 saturated heterocycles. The van der Waals surface area contributed by atoms with E-state index in [0.717, 1.165) is 5.75 Å². The predicted octanol–water partition coefficient (Wildman–Crippen LogP) is 3.31. The molecule has 1 N–H and O–H groups in total. The maximum absolute atomic E-state index is 13.5. The Morgan fingerprint density at radius 1 is 1.11 bits per heavy atom. The molecule has 0 aliphatic carbocycles. The monoisotopic (exact) mass is 246 g/mol. The van der Waals surface area contributed by atoms with Crippen LogP contribution in [0.3, 0.4) is 0 Å². The van der Waals surface area contributed by atoms with Crippen LogP contribution in [0.2, 0.25) is 0 Å². The van der Waals surface area contributed by atoms with Crippen molar-refractivity contribution < 1.29 is 14.2 Å². The van der Waals surface area contributed by atoms with Crippen molar-refractivity contribution in [1.82, 2.24) is 0 Å². The zero-order chi connectivity index (χ0) is 13.0. The van der Waals surface area contributed by atoms with Crippen molar-refractivity contribution in [2.75, 3.05) is 6.61 Å². The Morgan fingerprint density at radius 3 is 2.39 bits per heavy atom. The molecule has 0 heterocycles. The lowest BCUT2D eigenvalue weighted by molar-refractivity contribution is 0.215. The van der Waals surface area contributed by atoms with E-state index in [4.69, 9.17) is 4.74 Å². The summed E-state index contributed by atoms with van der Waals surface area (Å²) in [6.45, 7) is 2.50. The summed E-state index contributed by atoms with van der Waals surface area (Å²) >= 11 is 0. The van der Waals surface area contributed by atoms with Crippen LogP contribution in [-0.2, 0) is 0 Å². The number of hydrogen-bond donors (Lipinski definition) is 1. The van der Waals surface area contributed by atoms with Gasteiger partial charge in [0.1, 0.15) is 17.7 Å². The van der Waals surface area contributed by atoms with Crippen molar-refractivity contribution in [2.45, 2.75) is 13.0 Å². The molecule has 0 aliphatic heterocycles. The molecule has 94 valence electrons. The number of aliphatic hydroxyl groups excluding tert-OH is 1. The Labute approximate surface area is 106 Å². The first kappa shape index (κ1) is 12.6. The van der Waals surface area contributed by atoms with Crippen LogP contribution >= 0.6 is 0 Å². The summed E-state index contributed by atoms with van der Waals surface area (Å²) in [5.41, 5.74) is 0.921. The van der Waals surface area contributed by atoms with Gasteiger partial charge in [0.25, 0.3) is 0 Å². The largest absolute Gasteiger partial charge is 0.494 e. The van der Waals surface area contributed by atoms with Crippen LogP contribution in [0.5, 0.6) is 5.75 Å². The van der Waals surface area contributed by atoms with E-state index in [1.165, 1.54) is 6.07 Å². The van der Waals surface area contributed by atoms with Gasteiger partial charge >= 0.3 is 0 Å². The molecule has 2 aromatic rings. The van der Waals surface area contributed by atoms with Crippen LogP contribution in [0.1, 0.15) is 24.2 Å². The maximum atomic E-state index is 13.5. The molecule has 0 spiro atoms. The molecule has 2 aromatic carbocycles. The summed E-state index contributed by atoms with van der Waals surface area (Å²) in [4.78, 5) is 0. The summed E-state index contributed by atoms with van der Waals surface area (Å²) in [6.07, 6.45) is -0.957. The zero-order valence-electron chi connectivity index (χ0n) is 10.1. The average Bonchev–Trinajstić information content (AvgIpc) is 2.40. The third kappa shape index (κ3) is 2.68. The number of halogens is 1. The van der Waals surface area contributed by atoms with Gasteiger partial charge in [-0.15, -0.1) is 0 Å². The lowest BCUT2D eigenvalue weighted by Crippen LogP contribution is -2.02. The lowest BCUT2D eigenvalue weighted by atomic mass is 10.0. The molecule has 0 aliphatic rings. The van der Waals surface area contributed by atoms with Crippen LogP contribution in [0.15, 0.2) is 48.5 Å². The summed E-state index contributed by atoms with van der Waals surface area (Å²) in [5.74, 6) is 0.334. The first-order valence-electron chi connectivity index (χ1n) is 5.87. The fraction of sp³-hybridized carbons (Fsp3) is 0.200. The van der Waals surface area contributed by atoms with Crippen LogP contribution in [-0.4, -0.2) is 11.7 Å². The highest BCUT2D eigenvalue weighted by Crippen LogP contribution is 2.25. The van der Waals surface area contributed by atoms with Crippen molar-refractivity contribution in [3.05, 3.63) is 65.5 Å². The Bertz CT molecular complexity index is 508. The minimum absolute atomic E-state index is 0.279. The van der Waals surface area contributed by atoms with Gasteiger partial charge in [-0.2, -0.15) is 0 Å². The molecule has 0 aromatic heterocycles. The van der Waals surface area contributed by atoms with E-state index in [2.05, 4.69) is 0 Å². The smallest absolute Gasteiger partial charge is 0.129 e. The number of benzene rings is 2. The second kappa shape index (κ2) is 5.65. The highest BCUT2D eigenvalue weighted by Gasteiger charge is 2.14. The van der Waals surface area contributed by atoms with Gasteiger partial charge in [-0.3, -0.25) is 0 Å². The fourth-order valence-corrected chi connectivity index (χ4v) is 1.79. The Hall–Kier alpha value is -1.87. The number of rotatable bonds is 4. The van der Waals surface area contributed by atoms with Gasteiger partial charge < -0.3 is 9.84 Å². The van der Waals surface area contributed by atoms with Gasteiger partial charge in [-0.25, -0.2) is 4.39 Å². The second-order valence-corrected chi connectivity index (χ2v) is 3.93. The van der Waals surface area contributed by atoms with Gasteiger partial charge in [0.05, 0.1) is 6.61 Å². The van der Waals surface area contributed by atoms with Gasteiger partial charge in [0.2, 0.25) is 0 Å². The third-order valence-corrected chi connectivity index (χ3v) is 2.71. The fourth-order valence-electron chi connectivity index (χ4n) is 1.79. The zero-order valence-corrected chi connectivity index (χ0v) is 10.1. The second-order valence-electron chi connectivity index (χ2n) is 3.93. The average molecular weight is 246 g/mol. The molecule has 3 heteroatoms. The molecule has 2 nitrogen and oxygen atoms in total. The molecule has 1 atom stereocenters. The molecule has 0 fully saturated rings. The van der Waals surface area contributed by atoms with E-state index in [-0.39, 0.29) is 5.56 Å². The minimum Gasteiger partial charge on any atom is -0.494 e. The van der Waals surface area contributed by atoms with E-state index in [0.29, 0.717) is 12.2 Å². The molecule has 1 unspecified atom stereocenters. The highest BCUT2D eigenvalue weighted by molar-refractivity contribution is 5.34. The molecule has 0 radical (unpaired) electrons. The SMILES string of the molecule is CCOc1ccc(C(O)c2ccccc2F)cc1. The Morgan fingerprint density at radius 2 is 1.78 bits per heavy atom. The molecular weight excluding hydrogens is 231 g/mol. The molecule has 2 rings (SSSR count). The van der Waals surface area contributed by atoms with E-state index in [1.54, 1.807) is 42.5 Å². The predicted molar refractivity (Wildman–Crippen MR) is 68.1 cm³/mol. The lowest BCUT2D eigenvalue weighted by Gasteiger charge is -2.13. The van der Waals surface area contributed by atoms with Gasteiger partial charge in [0.15, 0.2) is 0 Å². The van der Waals surface area contributed by atoms with Gasteiger partial charge in [-0.05, 0) is 30.7 Å². The Balaban J connectivity index is 2.23. The van der Waals surface area contributed by atoms with Crippen LogP contribution in [0, 0.1) is 5.82 Å². The van der Waals surface area contributed by atoms with Crippen molar-refractivity contribution in [1.29, 1.82) is 0 Å². The molecular formula is C15H15FO2. The normalized spacial score (nSPS) is 12.2. The highest BCUT2D eigenvalue weighted by atomic mass is 19.1. The van der Waals surface area contributed by atoms with Crippen molar-refractivity contribution in [2.24, 2.45) is 0 Å². The van der Waals surface area contributed by atoms with Gasteiger partial charge in [-0.1, -0.05) is 30.3 Å². The van der Waals surface area contributed by atoms with Crippen LogP contribution in [0.25, 0.3) is 0 Å². The van der Waals surface area contributed by atoms with Crippen LogP contribution < -0.4 is 4.74 Å². The third-order valence-electron chi connectivity index (χ3n) is 2.71. The molecule has 18 heavy (non-hydrogen) atoms. The summed E-state index contributed by atoms with van der Waals surface area (Å²) < 4.78 is 18.9. The van der Waals surface area contributed by atoms with Crippen molar-refractivity contribution >= 4 is 0 Å². The standard InChI is InChI=1S/C15H15FO2/c1-2-18-12-9-7-11(8-10-12)15(17)13-5-3-4-6-14(13)16/h3-10,15,17H,2H2,1H3. The first-order valence-corrected chi connectivity index (χ1v) is 5.87. The summed E-state index contributed by atoms with van der Waals surface area (Å²) in [7, 11) is 0. The molecule has 0 amide bonds. The topological polar surface area (TPSA) is 29.5 Å². The number of hydrogen-bond acceptors (Lipinski definition) is 2. The summed E-state index contributed by atoms with van der Waals surface area (Å²) in [5, 5.41) is 10.1.